The molecule has 1 aliphatic heterocycles. The number of rotatable bonds is 6. The summed E-state index contributed by atoms with van der Waals surface area (Å²) in [5.74, 6) is -1.52. The number of carbonyl (C=O) groups is 2. The molecule has 4 aromatic rings. The lowest BCUT2D eigenvalue weighted by Gasteiger charge is -2.22. The molecule has 39 heavy (non-hydrogen) atoms. The van der Waals surface area contributed by atoms with Crippen molar-refractivity contribution in [3.8, 4) is 17.2 Å². The average Bonchev–Trinajstić information content (AvgIpc) is 3.45. The van der Waals surface area contributed by atoms with E-state index in [1.54, 1.807) is 25.3 Å². The number of aliphatic hydroxyl groups is 1. The fourth-order valence-electron chi connectivity index (χ4n) is 4.51. The standard InChI is InChI=1S/C27H21Cl2N3O6S/c1-12-9-16-18(11-17(12)36-2)39-27(31-16)32-21(15-7-5-6-8-30-15)19(23(34)26(32)35)22(33)13-10-14(28)25(38-4)20(29)24(13)37-3/h5-11,21,33H,1-4H3/b22-19+. The molecule has 1 aliphatic rings. The van der Waals surface area contributed by atoms with Gasteiger partial charge in [-0.2, -0.15) is 0 Å². The highest BCUT2D eigenvalue weighted by molar-refractivity contribution is 7.22. The molecular weight excluding hydrogens is 565 g/mol. The maximum absolute atomic E-state index is 13.5. The lowest BCUT2D eigenvalue weighted by molar-refractivity contribution is -0.132. The molecule has 0 radical (unpaired) electrons. The third-order valence-electron chi connectivity index (χ3n) is 6.31. The highest BCUT2D eigenvalue weighted by atomic mass is 35.5. The van der Waals surface area contributed by atoms with E-state index in [1.165, 1.54) is 42.7 Å². The molecule has 12 heteroatoms. The SMILES string of the molecule is COc1cc2sc(N3C(=O)C(=O)/C(=C(/O)c4cc(Cl)c(OC)c(Cl)c4OC)C3c3ccccn3)nc2cc1C. The van der Waals surface area contributed by atoms with Gasteiger partial charge in [0, 0.05) is 6.20 Å². The number of fused-ring (bicyclic) bond motifs is 1. The normalized spacial score (nSPS) is 16.7. The van der Waals surface area contributed by atoms with Crippen molar-refractivity contribution in [2.75, 3.05) is 26.2 Å². The van der Waals surface area contributed by atoms with Crippen LogP contribution in [0.15, 0.2) is 48.2 Å². The molecule has 3 heterocycles. The van der Waals surface area contributed by atoms with Gasteiger partial charge in [-0.25, -0.2) is 4.98 Å². The summed E-state index contributed by atoms with van der Waals surface area (Å²) in [5, 5.41) is 11.9. The summed E-state index contributed by atoms with van der Waals surface area (Å²) in [5.41, 5.74) is 1.63. The summed E-state index contributed by atoms with van der Waals surface area (Å²) in [6, 6.07) is 9.00. The number of hydrogen-bond donors (Lipinski definition) is 1. The van der Waals surface area contributed by atoms with Crippen LogP contribution in [0.3, 0.4) is 0 Å². The van der Waals surface area contributed by atoms with Crippen molar-refractivity contribution in [2.24, 2.45) is 0 Å². The van der Waals surface area contributed by atoms with Crippen molar-refractivity contribution in [3.05, 3.63) is 75.0 Å². The number of amides is 1. The van der Waals surface area contributed by atoms with Crippen LogP contribution in [0, 0.1) is 6.92 Å². The van der Waals surface area contributed by atoms with Gasteiger partial charge in [0.15, 0.2) is 16.6 Å². The molecule has 0 saturated carbocycles. The van der Waals surface area contributed by atoms with Gasteiger partial charge in [0.25, 0.3) is 5.78 Å². The van der Waals surface area contributed by atoms with E-state index in [1.807, 2.05) is 19.1 Å². The highest BCUT2D eigenvalue weighted by Gasteiger charge is 2.49. The molecule has 0 aliphatic carbocycles. The van der Waals surface area contributed by atoms with Crippen LogP contribution >= 0.6 is 34.5 Å². The van der Waals surface area contributed by atoms with Crippen molar-refractivity contribution in [2.45, 2.75) is 13.0 Å². The summed E-state index contributed by atoms with van der Waals surface area (Å²) in [7, 11) is 4.30. The van der Waals surface area contributed by atoms with Gasteiger partial charge in [-0.3, -0.25) is 19.5 Å². The predicted octanol–water partition coefficient (Wildman–Crippen LogP) is 5.96. The fraction of sp³-hybridized carbons (Fsp3) is 0.185. The first-order valence-electron chi connectivity index (χ1n) is 11.5. The minimum Gasteiger partial charge on any atom is -0.507 e. The Morgan fingerprint density at radius 1 is 1.05 bits per heavy atom. The number of carbonyl (C=O) groups excluding carboxylic acids is 2. The first-order valence-corrected chi connectivity index (χ1v) is 13.1. The van der Waals surface area contributed by atoms with E-state index in [-0.39, 0.29) is 37.8 Å². The van der Waals surface area contributed by atoms with Gasteiger partial charge in [0.05, 0.1) is 53.4 Å². The number of methoxy groups -OCH3 is 3. The Balaban J connectivity index is 1.76. The summed E-state index contributed by atoms with van der Waals surface area (Å²) in [4.78, 5) is 37.3. The van der Waals surface area contributed by atoms with Crippen molar-refractivity contribution in [1.82, 2.24) is 9.97 Å². The summed E-state index contributed by atoms with van der Waals surface area (Å²) >= 11 is 14.0. The molecule has 1 atom stereocenters. The molecule has 1 saturated heterocycles. The van der Waals surface area contributed by atoms with E-state index >= 15 is 0 Å². The quantitative estimate of drug-likeness (QED) is 0.168. The molecular formula is C27H21Cl2N3O6S. The van der Waals surface area contributed by atoms with Crippen molar-refractivity contribution >= 4 is 67.3 Å². The van der Waals surface area contributed by atoms with Gasteiger partial charge in [-0.05, 0) is 42.8 Å². The Morgan fingerprint density at radius 3 is 2.44 bits per heavy atom. The first kappa shape index (κ1) is 26.7. The van der Waals surface area contributed by atoms with Crippen LogP contribution in [0.2, 0.25) is 10.0 Å². The van der Waals surface area contributed by atoms with E-state index in [4.69, 9.17) is 37.4 Å². The zero-order valence-corrected chi connectivity index (χ0v) is 23.4. The number of nitrogens with zero attached hydrogens (tertiary/aromatic N) is 3. The van der Waals surface area contributed by atoms with E-state index in [9.17, 15) is 14.7 Å². The number of pyridine rings is 1. The number of aromatic nitrogens is 2. The van der Waals surface area contributed by atoms with E-state index in [0.717, 1.165) is 10.3 Å². The zero-order chi connectivity index (χ0) is 28.0. The molecule has 1 amide bonds. The number of benzene rings is 2. The number of anilines is 1. The Kier molecular flexibility index (Phi) is 7.11. The van der Waals surface area contributed by atoms with E-state index in [0.29, 0.717) is 17.0 Å². The highest BCUT2D eigenvalue weighted by Crippen LogP contribution is 2.48. The summed E-state index contributed by atoms with van der Waals surface area (Å²) in [6.07, 6.45) is 1.53. The van der Waals surface area contributed by atoms with Crippen LogP contribution in [0.25, 0.3) is 16.0 Å². The minimum absolute atomic E-state index is 0.00634. The Morgan fingerprint density at radius 2 is 1.79 bits per heavy atom. The molecule has 200 valence electrons. The maximum atomic E-state index is 13.5. The van der Waals surface area contributed by atoms with Gasteiger partial charge < -0.3 is 19.3 Å². The smallest absolute Gasteiger partial charge is 0.301 e. The van der Waals surface area contributed by atoms with Crippen molar-refractivity contribution in [3.63, 3.8) is 0 Å². The number of aliphatic hydroxyl groups excluding tert-OH is 1. The molecule has 2 aromatic carbocycles. The lowest BCUT2D eigenvalue weighted by Crippen LogP contribution is -2.29. The molecule has 1 N–H and O–H groups in total. The summed E-state index contributed by atoms with van der Waals surface area (Å²) < 4.78 is 16.8. The number of ether oxygens (including phenoxy) is 3. The number of halogens is 2. The molecule has 0 bridgehead atoms. The lowest BCUT2D eigenvalue weighted by atomic mass is 9.98. The third-order valence-corrected chi connectivity index (χ3v) is 7.95. The van der Waals surface area contributed by atoms with Crippen molar-refractivity contribution < 1.29 is 28.9 Å². The molecule has 2 aromatic heterocycles. The number of Topliss-reactive ketones (excluding diaryl/α,β-unsaturated/α-hetero) is 1. The molecule has 5 rings (SSSR count). The fourth-order valence-corrected chi connectivity index (χ4v) is 6.20. The summed E-state index contributed by atoms with van der Waals surface area (Å²) in [6.45, 7) is 1.88. The van der Waals surface area contributed by atoms with E-state index in [2.05, 4.69) is 9.97 Å². The second-order valence-corrected chi connectivity index (χ2v) is 10.3. The number of thiazole rings is 1. The zero-order valence-electron chi connectivity index (χ0n) is 21.1. The monoisotopic (exact) mass is 585 g/mol. The number of aryl methyl sites for hydroxylation is 1. The molecule has 1 unspecified atom stereocenters. The Hall–Kier alpha value is -3.86. The van der Waals surface area contributed by atoms with Gasteiger partial charge in [-0.15, -0.1) is 0 Å². The minimum atomic E-state index is -1.10. The number of ketones is 1. The molecule has 1 fully saturated rings. The van der Waals surface area contributed by atoms with Crippen LogP contribution in [0.4, 0.5) is 5.13 Å². The van der Waals surface area contributed by atoms with Gasteiger partial charge in [0.2, 0.25) is 0 Å². The third kappa shape index (κ3) is 4.34. The average molecular weight is 586 g/mol. The van der Waals surface area contributed by atoms with Crippen LogP contribution < -0.4 is 19.1 Å². The topological polar surface area (TPSA) is 111 Å². The molecule has 0 spiro atoms. The predicted molar refractivity (Wildman–Crippen MR) is 149 cm³/mol. The second kappa shape index (κ2) is 10.4. The van der Waals surface area contributed by atoms with Gasteiger partial charge in [0.1, 0.15) is 22.6 Å². The van der Waals surface area contributed by atoms with Crippen LogP contribution in [0.1, 0.15) is 22.9 Å². The largest absolute Gasteiger partial charge is 0.507 e. The van der Waals surface area contributed by atoms with Gasteiger partial charge >= 0.3 is 5.91 Å². The maximum Gasteiger partial charge on any atom is 0.301 e. The van der Waals surface area contributed by atoms with Crippen LogP contribution in [-0.2, 0) is 9.59 Å². The van der Waals surface area contributed by atoms with Crippen LogP contribution in [-0.4, -0.2) is 48.1 Å². The van der Waals surface area contributed by atoms with Crippen LogP contribution in [0.5, 0.6) is 17.2 Å². The number of hydrogen-bond acceptors (Lipinski definition) is 9. The van der Waals surface area contributed by atoms with Gasteiger partial charge in [-0.1, -0.05) is 40.6 Å². The Bertz CT molecular complexity index is 1670. The van der Waals surface area contributed by atoms with E-state index < -0.39 is 23.5 Å². The van der Waals surface area contributed by atoms with Crippen molar-refractivity contribution in [1.29, 1.82) is 0 Å². The first-order chi connectivity index (χ1) is 18.7. The molecule has 9 nitrogen and oxygen atoms in total. The second-order valence-electron chi connectivity index (χ2n) is 8.50. The Labute approximate surface area is 237 Å².